The van der Waals surface area contributed by atoms with Crippen molar-refractivity contribution < 1.29 is 0 Å². The van der Waals surface area contributed by atoms with Gasteiger partial charge in [0.05, 0.1) is 0 Å². The third-order valence-corrected chi connectivity index (χ3v) is 3.91. The van der Waals surface area contributed by atoms with Gasteiger partial charge in [0.2, 0.25) is 0 Å². The summed E-state index contributed by atoms with van der Waals surface area (Å²) in [5, 5.41) is 7.22. The number of anilines is 1. The fraction of sp³-hybridized carbons (Fsp3) is 0.692. The summed E-state index contributed by atoms with van der Waals surface area (Å²) in [6.07, 6.45) is 7.76. The summed E-state index contributed by atoms with van der Waals surface area (Å²) in [5.74, 6) is 0.989. The van der Waals surface area contributed by atoms with Gasteiger partial charge in [0.25, 0.3) is 0 Å². The van der Waals surface area contributed by atoms with Gasteiger partial charge >= 0.3 is 0 Å². The standard InChI is InChI=1S/C13H20N4/c1-2-9-7-13(15-8-14-9)17-12-5-10-3-4-11(6-12)16-10/h7-8,10-12,16H,2-6H2,1H3,(H,14,15,17). The zero-order chi connectivity index (χ0) is 11.7. The molecule has 3 rings (SSSR count). The Hall–Kier alpha value is -1.16. The van der Waals surface area contributed by atoms with E-state index in [2.05, 4.69) is 33.6 Å². The van der Waals surface area contributed by atoms with Crippen LogP contribution < -0.4 is 10.6 Å². The predicted molar refractivity (Wildman–Crippen MR) is 68.0 cm³/mol. The van der Waals surface area contributed by atoms with Crippen molar-refractivity contribution in [2.75, 3.05) is 5.32 Å². The second kappa shape index (κ2) is 4.61. The number of piperidine rings is 1. The number of fused-ring (bicyclic) bond motifs is 2. The molecule has 17 heavy (non-hydrogen) atoms. The van der Waals surface area contributed by atoms with Gasteiger partial charge in [0, 0.05) is 29.9 Å². The van der Waals surface area contributed by atoms with Gasteiger partial charge in [-0.15, -0.1) is 0 Å². The number of rotatable bonds is 3. The molecule has 2 saturated heterocycles. The second-order valence-electron chi connectivity index (χ2n) is 5.20. The third-order valence-electron chi connectivity index (χ3n) is 3.91. The van der Waals surface area contributed by atoms with Crippen LogP contribution in [0.1, 0.15) is 38.3 Å². The first-order chi connectivity index (χ1) is 8.33. The van der Waals surface area contributed by atoms with Crippen LogP contribution in [-0.4, -0.2) is 28.1 Å². The molecule has 2 atom stereocenters. The summed E-state index contributed by atoms with van der Waals surface area (Å²) in [5.41, 5.74) is 1.11. The van der Waals surface area contributed by atoms with Crippen molar-refractivity contribution in [1.29, 1.82) is 0 Å². The van der Waals surface area contributed by atoms with Gasteiger partial charge < -0.3 is 10.6 Å². The molecule has 0 radical (unpaired) electrons. The summed E-state index contributed by atoms with van der Waals surface area (Å²) in [6.45, 7) is 2.12. The van der Waals surface area contributed by atoms with Crippen LogP contribution in [0.15, 0.2) is 12.4 Å². The number of hydrogen-bond acceptors (Lipinski definition) is 4. The van der Waals surface area contributed by atoms with Crippen LogP contribution in [0.5, 0.6) is 0 Å². The van der Waals surface area contributed by atoms with Crippen LogP contribution in [0, 0.1) is 0 Å². The van der Waals surface area contributed by atoms with Gasteiger partial charge in [-0.25, -0.2) is 9.97 Å². The molecule has 0 amide bonds. The molecule has 2 bridgehead atoms. The van der Waals surface area contributed by atoms with E-state index in [0.29, 0.717) is 6.04 Å². The molecular formula is C13H20N4. The molecule has 0 saturated carbocycles. The van der Waals surface area contributed by atoms with Crippen molar-refractivity contribution in [2.24, 2.45) is 0 Å². The predicted octanol–water partition coefficient (Wildman–Crippen LogP) is 1.73. The first-order valence-electron chi connectivity index (χ1n) is 6.67. The van der Waals surface area contributed by atoms with Gasteiger partial charge in [0.15, 0.2) is 0 Å². The second-order valence-corrected chi connectivity index (χ2v) is 5.20. The van der Waals surface area contributed by atoms with Gasteiger partial charge in [-0.1, -0.05) is 6.92 Å². The van der Waals surface area contributed by atoms with E-state index >= 15 is 0 Å². The highest BCUT2D eigenvalue weighted by atomic mass is 15.1. The minimum Gasteiger partial charge on any atom is -0.367 e. The number of hydrogen-bond donors (Lipinski definition) is 2. The molecule has 0 aliphatic carbocycles. The lowest BCUT2D eigenvalue weighted by Gasteiger charge is -2.30. The molecule has 2 unspecified atom stereocenters. The topological polar surface area (TPSA) is 49.8 Å². The van der Waals surface area contributed by atoms with Crippen molar-refractivity contribution >= 4 is 5.82 Å². The van der Waals surface area contributed by atoms with E-state index in [1.807, 2.05) is 0 Å². The average molecular weight is 232 g/mol. The molecule has 2 N–H and O–H groups in total. The lowest BCUT2D eigenvalue weighted by Crippen LogP contribution is -2.43. The lowest BCUT2D eigenvalue weighted by atomic mass is 10.00. The van der Waals surface area contributed by atoms with Crippen molar-refractivity contribution in [3.05, 3.63) is 18.1 Å². The monoisotopic (exact) mass is 232 g/mol. The normalized spacial score (nSPS) is 31.5. The Bertz CT molecular complexity index is 381. The highest BCUT2D eigenvalue weighted by molar-refractivity contribution is 5.36. The summed E-state index contributed by atoms with van der Waals surface area (Å²) in [4.78, 5) is 8.54. The molecule has 3 heterocycles. The van der Waals surface area contributed by atoms with Crippen LogP contribution in [-0.2, 0) is 6.42 Å². The maximum absolute atomic E-state index is 4.31. The highest BCUT2D eigenvalue weighted by Gasteiger charge is 2.33. The van der Waals surface area contributed by atoms with Crippen LogP contribution in [0.2, 0.25) is 0 Å². The molecule has 2 aliphatic rings. The van der Waals surface area contributed by atoms with E-state index in [0.717, 1.165) is 30.0 Å². The van der Waals surface area contributed by atoms with E-state index < -0.39 is 0 Å². The SMILES string of the molecule is CCc1cc(NC2CC3CCC(C2)N3)ncn1. The largest absolute Gasteiger partial charge is 0.367 e. The van der Waals surface area contributed by atoms with E-state index in [4.69, 9.17) is 0 Å². The van der Waals surface area contributed by atoms with Gasteiger partial charge in [-0.05, 0) is 32.1 Å². The van der Waals surface area contributed by atoms with Crippen molar-refractivity contribution in [2.45, 2.75) is 57.2 Å². The van der Waals surface area contributed by atoms with E-state index in [1.54, 1.807) is 6.33 Å². The minimum atomic E-state index is 0.577. The summed E-state index contributed by atoms with van der Waals surface area (Å²) in [7, 11) is 0. The fourth-order valence-corrected chi connectivity index (χ4v) is 3.05. The number of nitrogens with one attached hydrogen (secondary N) is 2. The quantitative estimate of drug-likeness (QED) is 0.833. The first kappa shape index (κ1) is 11.0. The lowest BCUT2D eigenvalue weighted by molar-refractivity contribution is 0.377. The van der Waals surface area contributed by atoms with E-state index in [1.165, 1.54) is 25.7 Å². The Morgan fingerprint density at radius 2 is 2.06 bits per heavy atom. The fourth-order valence-electron chi connectivity index (χ4n) is 3.05. The smallest absolute Gasteiger partial charge is 0.129 e. The van der Waals surface area contributed by atoms with Crippen molar-refractivity contribution in [1.82, 2.24) is 15.3 Å². The highest BCUT2D eigenvalue weighted by Crippen LogP contribution is 2.28. The van der Waals surface area contributed by atoms with Crippen LogP contribution in [0.3, 0.4) is 0 Å². The van der Waals surface area contributed by atoms with Crippen molar-refractivity contribution in [3.8, 4) is 0 Å². The van der Waals surface area contributed by atoms with Gasteiger partial charge in [-0.2, -0.15) is 0 Å². The Balaban J connectivity index is 1.66. The number of aromatic nitrogens is 2. The summed E-state index contributed by atoms with van der Waals surface area (Å²) in [6, 6.07) is 4.09. The molecule has 4 nitrogen and oxygen atoms in total. The molecule has 2 aliphatic heterocycles. The van der Waals surface area contributed by atoms with Crippen LogP contribution in [0.4, 0.5) is 5.82 Å². The maximum atomic E-state index is 4.31. The molecule has 1 aromatic rings. The van der Waals surface area contributed by atoms with Crippen molar-refractivity contribution in [3.63, 3.8) is 0 Å². The minimum absolute atomic E-state index is 0.577. The molecule has 1 aromatic heterocycles. The summed E-state index contributed by atoms with van der Waals surface area (Å²) < 4.78 is 0. The van der Waals surface area contributed by atoms with Gasteiger partial charge in [-0.3, -0.25) is 0 Å². The molecule has 4 heteroatoms. The maximum Gasteiger partial charge on any atom is 0.129 e. The Morgan fingerprint density at radius 3 is 2.76 bits per heavy atom. The van der Waals surface area contributed by atoms with E-state index in [9.17, 15) is 0 Å². The van der Waals surface area contributed by atoms with Gasteiger partial charge in [0.1, 0.15) is 12.1 Å². The zero-order valence-corrected chi connectivity index (χ0v) is 10.3. The van der Waals surface area contributed by atoms with Crippen LogP contribution in [0.25, 0.3) is 0 Å². The molecule has 92 valence electrons. The average Bonchev–Trinajstić information content (AvgIpc) is 2.69. The first-order valence-corrected chi connectivity index (χ1v) is 6.67. The third kappa shape index (κ3) is 2.41. The Morgan fingerprint density at radius 1 is 1.29 bits per heavy atom. The number of nitrogens with zero attached hydrogens (tertiary/aromatic N) is 2. The van der Waals surface area contributed by atoms with Crippen LogP contribution >= 0.6 is 0 Å². The molecule has 0 aromatic carbocycles. The Kier molecular flexibility index (Phi) is 2.97. The number of aryl methyl sites for hydroxylation is 1. The molecule has 2 fully saturated rings. The molecular weight excluding hydrogens is 212 g/mol. The van der Waals surface area contributed by atoms with E-state index in [-0.39, 0.29) is 0 Å². The molecule has 0 spiro atoms. The zero-order valence-electron chi connectivity index (χ0n) is 10.3. The summed E-state index contributed by atoms with van der Waals surface area (Å²) >= 11 is 0. The Labute approximate surface area is 102 Å².